The Morgan fingerprint density at radius 3 is 2.15 bits per heavy atom. The van der Waals surface area contributed by atoms with Crippen molar-refractivity contribution in [1.82, 2.24) is 4.57 Å². The van der Waals surface area contributed by atoms with Gasteiger partial charge in [0, 0.05) is 42.2 Å². The third-order valence-electron chi connectivity index (χ3n) is 8.90. The van der Waals surface area contributed by atoms with E-state index in [2.05, 4.69) is 132 Å². The Hall–Kier alpha value is -4.92. The lowest BCUT2D eigenvalue weighted by Gasteiger charge is -2.12. The van der Waals surface area contributed by atoms with Crippen LogP contribution in [0.4, 0.5) is 0 Å². The van der Waals surface area contributed by atoms with E-state index in [-0.39, 0.29) is 0 Å². The second kappa shape index (κ2) is 7.38. The molecule has 0 aliphatic heterocycles. The number of nitrogens with zero attached hydrogens (tertiary/aromatic N) is 1. The van der Waals surface area contributed by atoms with Gasteiger partial charge in [-0.15, -0.1) is 11.3 Å². The van der Waals surface area contributed by atoms with Gasteiger partial charge in [-0.2, -0.15) is 0 Å². The second-order valence-electron chi connectivity index (χ2n) is 10.9. The zero-order valence-corrected chi connectivity index (χ0v) is 22.3. The van der Waals surface area contributed by atoms with Crippen molar-refractivity contribution in [3.63, 3.8) is 0 Å². The molecule has 0 unspecified atom stereocenters. The smallest absolute Gasteiger partial charge is 0.0625 e. The zero-order chi connectivity index (χ0) is 25.9. The molecular formula is C38H21NS. The maximum atomic E-state index is 2.52. The van der Waals surface area contributed by atoms with Crippen molar-refractivity contribution < 1.29 is 0 Å². The van der Waals surface area contributed by atoms with Crippen LogP contribution in [0.1, 0.15) is 0 Å². The first-order chi connectivity index (χ1) is 19.8. The number of rotatable bonds is 1. The van der Waals surface area contributed by atoms with Gasteiger partial charge in [0.1, 0.15) is 0 Å². The summed E-state index contributed by atoms with van der Waals surface area (Å²) in [6, 6.07) is 47.4. The fourth-order valence-corrected chi connectivity index (χ4v) is 8.37. The topological polar surface area (TPSA) is 4.93 Å². The average Bonchev–Trinajstić information content (AvgIpc) is 3.66. The van der Waals surface area contributed by atoms with Crippen molar-refractivity contribution in [2.45, 2.75) is 0 Å². The molecule has 10 rings (SSSR count). The first kappa shape index (κ1) is 21.0. The summed E-state index contributed by atoms with van der Waals surface area (Å²) >= 11 is 1.89. The van der Waals surface area contributed by atoms with Crippen LogP contribution in [0.5, 0.6) is 0 Å². The van der Waals surface area contributed by atoms with E-state index in [0.29, 0.717) is 0 Å². The Kier molecular flexibility index (Phi) is 3.87. The van der Waals surface area contributed by atoms with Crippen molar-refractivity contribution in [2.24, 2.45) is 0 Å². The van der Waals surface area contributed by atoms with E-state index in [1.807, 2.05) is 11.3 Å². The van der Waals surface area contributed by atoms with Crippen LogP contribution < -0.4 is 0 Å². The number of aromatic nitrogens is 1. The molecule has 2 heteroatoms. The van der Waals surface area contributed by atoms with E-state index in [4.69, 9.17) is 0 Å². The van der Waals surface area contributed by atoms with E-state index in [1.54, 1.807) is 0 Å². The molecule has 9 aromatic rings. The molecule has 184 valence electrons. The van der Waals surface area contributed by atoms with Crippen LogP contribution in [0.15, 0.2) is 127 Å². The highest BCUT2D eigenvalue weighted by Crippen LogP contribution is 2.52. The van der Waals surface area contributed by atoms with E-state index in [0.717, 1.165) is 0 Å². The lowest BCUT2D eigenvalue weighted by Crippen LogP contribution is -1.95. The van der Waals surface area contributed by atoms with Crippen molar-refractivity contribution >= 4 is 74.9 Å². The van der Waals surface area contributed by atoms with Gasteiger partial charge in [0.25, 0.3) is 0 Å². The second-order valence-corrected chi connectivity index (χ2v) is 12.0. The fourth-order valence-electron chi connectivity index (χ4n) is 7.27. The number of para-hydroxylation sites is 1. The number of benzene rings is 7. The summed E-state index contributed by atoms with van der Waals surface area (Å²) in [5.74, 6) is 0. The van der Waals surface area contributed by atoms with E-state index >= 15 is 0 Å². The van der Waals surface area contributed by atoms with Crippen LogP contribution in [-0.4, -0.2) is 4.57 Å². The molecule has 1 aliphatic carbocycles. The summed E-state index contributed by atoms with van der Waals surface area (Å²) in [7, 11) is 0. The predicted octanol–water partition coefficient (Wildman–Crippen LogP) is 11.1. The Morgan fingerprint density at radius 2 is 1.23 bits per heavy atom. The van der Waals surface area contributed by atoms with Crippen LogP contribution in [0.2, 0.25) is 0 Å². The summed E-state index contributed by atoms with van der Waals surface area (Å²) in [4.78, 5) is 0. The minimum absolute atomic E-state index is 1.21. The molecule has 0 radical (unpaired) electrons. The van der Waals surface area contributed by atoms with E-state index < -0.39 is 0 Å². The van der Waals surface area contributed by atoms with Crippen LogP contribution >= 0.6 is 11.3 Å². The molecule has 2 aromatic heterocycles. The number of hydrogen-bond acceptors (Lipinski definition) is 1. The van der Waals surface area contributed by atoms with Gasteiger partial charge in [-0.3, -0.25) is 0 Å². The standard InChI is InChI=1S/C38H21NS/c1-2-10-25-22(7-1)15-19-34-36(25)31-21-24(16-20-33(31)40-34)39-32-14-4-3-11-26(32)29-18-17-28-27-12-5-8-23-9-6-13-30(35(23)27)37(28)38(29)39/h1-21H. The first-order valence-corrected chi connectivity index (χ1v) is 14.6. The van der Waals surface area contributed by atoms with E-state index in [1.165, 1.54) is 91.5 Å². The van der Waals surface area contributed by atoms with Gasteiger partial charge in [0.15, 0.2) is 0 Å². The van der Waals surface area contributed by atoms with Crippen molar-refractivity contribution in [2.75, 3.05) is 0 Å². The minimum atomic E-state index is 1.21. The normalized spacial score (nSPS) is 12.5. The molecule has 0 spiro atoms. The highest BCUT2D eigenvalue weighted by molar-refractivity contribution is 7.26. The molecule has 0 atom stereocenters. The maximum absolute atomic E-state index is 2.52. The van der Waals surface area contributed by atoms with Crippen LogP contribution in [0, 0.1) is 0 Å². The summed E-state index contributed by atoms with van der Waals surface area (Å²) in [6.45, 7) is 0. The lowest BCUT2D eigenvalue weighted by atomic mass is 10.00. The van der Waals surface area contributed by atoms with Gasteiger partial charge in [0.05, 0.1) is 11.0 Å². The lowest BCUT2D eigenvalue weighted by molar-refractivity contribution is 1.19. The number of hydrogen-bond donors (Lipinski definition) is 0. The molecule has 0 saturated heterocycles. The van der Waals surface area contributed by atoms with Gasteiger partial charge < -0.3 is 4.57 Å². The Labute approximate surface area is 234 Å². The molecule has 2 heterocycles. The van der Waals surface area contributed by atoms with Crippen LogP contribution in [-0.2, 0) is 0 Å². The van der Waals surface area contributed by atoms with Gasteiger partial charge in [-0.05, 0) is 68.6 Å². The molecule has 7 aromatic carbocycles. The third-order valence-corrected chi connectivity index (χ3v) is 10.0. The molecule has 0 amide bonds. The molecule has 0 bridgehead atoms. The van der Waals surface area contributed by atoms with Gasteiger partial charge in [0.2, 0.25) is 0 Å². The highest BCUT2D eigenvalue weighted by Gasteiger charge is 2.26. The Bertz CT molecular complexity index is 2540. The minimum Gasteiger partial charge on any atom is -0.309 e. The molecular weight excluding hydrogens is 502 g/mol. The maximum Gasteiger partial charge on any atom is 0.0625 e. The molecule has 0 saturated carbocycles. The van der Waals surface area contributed by atoms with E-state index in [9.17, 15) is 0 Å². The zero-order valence-electron chi connectivity index (χ0n) is 21.5. The van der Waals surface area contributed by atoms with Gasteiger partial charge in [-0.1, -0.05) is 97.1 Å². The van der Waals surface area contributed by atoms with Crippen LogP contribution in [0.25, 0.3) is 91.5 Å². The molecule has 1 nitrogen and oxygen atoms in total. The number of thiophene rings is 1. The molecule has 0 fully saturated rings. The SMILES string of the molecule is c1cc2c3c(cccc3c1)-c1c-2ccc2c3ccccc3n(-c3ccc4sc5ccc6ccccc6c5c4c3)c12. The number of fused-ring (bicyclic) bond motifs is 12. The van der Waals surface area contributed by atoms with Crippen molar-refractivity contribution in [1.29, 1.82) is 0 Å². The highest BCUT2D eigenvalue weighted by atomic mass is 32.1. The summed E-state index contributed by atoms with van der Waals surface area (Å²) in [6.07, 6.45) is 0. The summed E-state index contributed by atoms with van der Waals surface area (Å²) < 4.78 is 5.19. The molecule has 40 heavy (non-hydrogen) atoms. The average molecular weight is 524 g/mol. The van der Waals surface area contributed by atoms with Crippen molar-refractivity contribution in [3.8, 4) is 27.9 Å². The first-order valence-electron chi connectivity index (χ1n) is 13.8. The largest absolute Gasteiger partial charge is 0.309 e. The Morgan fingerprint density at radius 1 is 0.450 bits per heavy atom. The summed E-state index contributed by atoms with van der Waals surface area (Å²) in [5.41, 5.74) is 9.11. The quantitative estimate of drug-likeness (QED) is 0.202. The fraction of sp³-hybridized carbons (Fsp3) is 0. The Balaban J connectivity index is 1.38. The van der Waals surface area contributed by atoms with Gasteiger partial charge in [-0.25, -0.2) is 0 Å². The third kappa shape index (κ3) is 2.53. The predicted molar refractivity (Wildman–Crippen MR) is 173 cm³/mol. The molecule has 0 N–H and O–H groups in total. The molecule has 1 aliphatic rings. The van der Waals surface area contributed by atoms with Gasteiger partial charge >= 0.3 is 0 Å². The monoisotopic (exact) mass is 523 g/mol. The van der Waals surface area contributed by atoms with Crippen molar-refractivity contribution in [3.05, 3.63) is 127 Å². The van der Waals surface area contributed by atoms with Crippen LogP contribution in [0.3, 0.4) is 0 Å². The summed E-state index contributed by atoms with van der Waals surface area (Å²) in [5, 5.41) is 10.6.